The first-order chi connectivity index (χ1) is 9.72. The predicted octanol–water partition coefficient (Wildman–Crippen LogP) is 3.11. The van der Waals surface area contributed by atoms with Gasteiger partial charge in [-0.05, 0) is 36.1 Å². The molecule has 0 amide bonds. The average Bonchev–Trinajstić information content (AvgIpc) is 2.93. The molecule has 0 spiro atoms. The first kappa shape index (κ1) is 12.5. The highest BCUT2D eigenvalue weighted by molar-refractivity contribution is 5.44. The van der Waals surface area contributed by atoms with E-state index in [-0.39, 0.29) is 17.4 Å². The largest absolute Gasteiger partial charge is 0.454 e. The minimum atomic E-state index is -0.371. The van der Waals surface area contributed by atoms with Crippen molar-refractivity contribution in [3.05, 3.63) is 63.7 Å². The first-order valence-corrected chi connectivity index (χ1v) is 6.34. The van der Waals surface area contributed by atoms with Gasteiger partial charge in [0.05, 0.1) is 4.92 Å². The van der Waals surface area contributed by atoms with E-state index in [0.29, 0.717) is 0 Å². The molecule has 0 unspecified atom stereocenters. The Bertz CT molecular complexity index is 654. The Kier molecular flexibility index (Phi) is 3.25. The van der Waals surface area contributed by atoms with Crippen LogP contribution in [-0.2, 0) is 12.8 Å². The Labute approximate surface area is 115 Å². The van der Waals surface area contributed by atoms with Gasteiger partial charge in [-0.3, -0.25) is 10.1 Å². The van der Waals surface area contributed by atoms with Crippen LogP contribution in [-0.4, -0.2) is 11.7 Å². The monoisotopic (exact) mass is 271 g/mol. The minimum absolute atomic E-state index is 0.133. The van der Waals surface area contributed by atoms with Crippen LogP contribution in [0.4, 0.5) is 5.69 Å². The number of nitro groups is 1. The number of ether oxygens (including phenoxy) is 2. The summed E-state index contributed by atoms with van der Waals surface area (Å²) in [7, 11) is 0. The van der Waals surface area contributed by atoms with Crippen molar-refractivity contribution in [3.8, 4) is 11.5 Å². The smallest absolute Gasteiger partial charge is 0.269 e. The number of non-ortho nitro benzene ring substituents is 1. The fraction of sp³-hybridized carbons (Fsp3) is 0.200. The molecule has 0 aliphatic carbocycles. The highest BCUT2D eigenvalue weighted by Gasteiger charge is 2.13. The van der Waals surface area contributed by atoms with Crippen molar-refractivity contribution in [2.45, 2.75) is 12.8 Å². The summed E-state index contributed by atoms with van der Waals surface area (Å²) in [6, 6.07) is 12.6. The van der Waals surface area contributed by atoms with Crippen molar-refractivity contribution in [1.29, 1.82) is 0 Å². The van der Waals surface area contributed by atoms with E-state index in [1.165, 1.54) is 6.07 Å². The van der Waals surface area contributed by atoms with Crippen LogP contribution in [0.25, 0.3) is 0 Å². The summed E-state index contributed by atoms with van der Waals surface area (Å²) in [5.74, 6) is 1.53. The lowest BCUT2D eigenvalue weighted by Gasteiger charge is -2.04. The molecule has 0 aromatic heterocycles. The van der Waals surface area contributed by atoms with Crippen LogP contribution in [0.5, 0.6) is 11.5 Å². The topological polar surface area (TPSA) is 61.6 Å². The van der Waals surface area contributed by atoms with Crippen LogP contribution >= 0.6 is 0 Å². The van der Waals surface area contributed by atoms with Gasteiger partial charge in [-0.1, -0.05) is 18.2 Å². The summed E-state index contributed by atoms with van der Waals surface area (Å²) >= 11 is 0. The highest BCUT2D eigenvalue weighted by atomic mass is 16.7. The van der Waals surface area contributed by atoms with Gasteiger partial charge in [-0.15, -0.1) is 0 Å². The molecular formula is C15H13NO4. The lowest BCUT2D eigenvalue weighted by Crippen LogP contribution is -1.94. The zero-order valence-corrected chi connectivity index (χ0v) is 10.7. The standard InChI is InChI=1S/C15H13NO4/c17-16(18)13-3-1-2-11(8-13)4-5-12-6-7-14-15(9-12)20-10-19-14/h1-3,6-9H,4-5,10H2. The highest BCUT2D eigenvalue weighted by Crippen LogP contribution is 2.32. The Balaban J connectivity index is 1.70. The van der Waals surface area contributed by atoms with Crippen molar-refractivity contribution < 1.29 is 14.4 Å². The van der Waals surface area contributed by atoms with Crippen molar-refractivity contribution in [2.24, 2.45) is 0 Å². The summed E-state index contributed by atoms with van der Waals surface area (Å²) in [4.78, 5) is 10.4. The molecule has 5 nitrogen and oxygen atoms in total. The number of hydrogen-bond donors (Lipinski definition) is 0. The van der Waals surface area contributed by atoms with Gasteiger partial charge in [0, 0.05) is 12.1 Å². The molecule has 1 heterocycles. The van der Waals surface area contributed by atoms with Crippen LogP contribution in [0, 0.1) is 10.1 Å². The predicted molar refractivity (Wildman–Crippen MR) is 73.1 cm³/mol. The van der Waals surface area contributed by atoms with Gasteiger partial charge in [0.25, 0.3) is 5.69 Å². The second-order valence-electron chi connectivity index (χ2n) is 4.61. The SMILES string of the molecule is O=[N+]([O-])c1cccc(CCc2ccc3c(c2)OCO3)c1. The van der Waals surface area contributed by atoms with E-state index in [1.807, 2.05) is 24.3 Å². The van der Waals surface area contributed by atoms with E-state index in [0.717, 1.165) is 35.5 Å². The maximum absolute atomic E-state index is 10.7. The van der Waals surface area contributed by atoms with Crippen molar-refractivity contribution in [3.63, 3.8) is 0 Å². The maximum atomic E-state index is 10.7. The van der Waals surface area contributed by atoms with Gasteiger partial charge < -0.3 is 9.47 Å². The van der Waals surface area contributed by atoms with Gasteiger partial charge in [0.1, 0.15) is 0 Å². The number of aryl methyl sites for hydroxylation is 2. The van der Waals surface area contributed by atoms with Crippen LogP contribution < -0.4 is 9.47 Å². The fourth-order valence-electron chi connectivity index (χ4n) is 2.21. The van der Waals surface area contributed by atoms with Gasteiger partial charge in [-0.2, -0.15) is 0 Å². The molecule has 1 aliphatic rings. The normalized spacial score (nSPS) is 12.4. The molecule has 0 radical (unpaired) electrons. The van der Waals surface area contributed by atoms with E-state index in [2.05, 4.69) is 0 Å². The fourth-order valence-corrected chi connectivity index (χ4v) is 2.21. The zero-order valence-electron chi connectivity index (χ0n) is 10.7. The van der Waals surface area contributed by atoms with Gasteiger partial charge >= 0.3 is 0 Å². The summed E-state index contributed by atoms with van der Waals surface area (Å²) in [6.07, 6.45) is 1.55. The van der Waals surface area contributed by atoms with E-state index in [1.54, 1.807) is 12.1 Å². The number of benzene rings is 2. The molecule has 0 N–H and O–H groups in total. The summed E-state index contributed by atoms with van der Waals surface area (Å²) in [5.41, 5.74) is 2.21. The number of hydrogen-bond acceptors (Lipinski definition) is 4. The number of nitro benzene ring substituents is 1. The molecule has 102 valence electrons. The molecule has 0 saturated carbocycles. The summed E-state index contributed by atoms with van der Waals surface area (Å²) < 4.78 is 10.6. The van der Waals surface area contributed by atoms with Crippen molar-refractivity contribution in [1.82, 2.24) is 0 Å². The van der Waals surface area contributed by atoms with Gasteiger partial charge in [-0.25, -0.2) is 0 Å². The molecule has 20 heavy (non-hydrogen) atoms. The molecule has 5 heteroatoms. The zero-order chi connectivity index (χ0) is 13.9. The van der Waals surface area contributed by atoms with E-state index in [4.69, 9.17) is 9.47 Å². The Morgan fingerprint density at radius 3 is 2.55 bits per heavy atom. The van der Waals surface area contributed by atoms with Crippen molar-refractivity contribution in [2.75, 3.05) is 6.79 Å². The van der Waals surface area contributed by atoms with Crippen LogP contribution in [0.1, 0.15) is 11.1 Å². The van der Waals surface area contributed by atoms with Crippen LogP contribution in [0.3, 0.4) is 0 Å². The minimum Gasteiger partial charge on any atom is -0.454 e. The first-order valence-electron chi connectivity index (χ1n) is 6.34. The lowest BCUT2D eigenvalue weighted by molar-refractivity contribution is -0.384. The Morgan fingerprint density at radius 1 is 1.00 bits per heavy atom. The molecule has 3 rings (SSSR count). The Hall–Kier alpha value is -2.56. The summed E-state index contributed by atoms with van der Waals surface area (Å²) in [5, 5.41) is 10.7. The van der Waals surface area contributed by atoms with E-state index >= 15 is 0 Å². The molecule has 2 aromatic rings. The molecule has 1 aliphatic heterocycles. The van der Waals surface area contributed by atoms with Gasteiger partial charge in [0.2, 0.25) is 6.79 Å². The average molecular weight is 271 g/mol. The molecular weight excluding hydrogens is 258 g/mol. The molecule has 0 saturated heterocycles. The lowest BCUT2D eigenvalue weighted by atomic mass is 10.0. The van der Waals surface area contributed by atoms with E-state index in [9.17, 15) is 10.1 Å². The van der Waals surface area contributed by atoms with Crippen molar-refractivity contribution >= 4 is 5.69 Å². The third kappa shape index (κ3) is 2.56. The Morgan fingerprint density at radius 2 is 1.75 bits per heavy atom. The summed E-state index contributed by atoms with van der Waals surface area (Å²) in [6.45, 7) is 0.268. The molecule has 0 fully saturated rings. The molecule has 0 atom stereocenters. The second kappa shape index (κ2) is 5.21. The molecule has 2 aromatic carbocycles. The number of fused-ring (bicyclic) bond motifs is 1. The third-order valence-electron chi connectivity index (χ3n) is 3.26. The number of rotatable bonds is 4. The van der Waals surface area contributed by atoms with Gasteiger partial charge in [0.15, 0.2) is 11.5 Å². The van der Waals surface area contributed by atoms with E-state index < -0.39 is 0 Å². The third-order valence-corrected chi connectivity index (χ3v) is 3.26. The maximum Gasteiger partial charge on any atom is 0.269 e. The molecule has 0 bridgehead atoms. The second-order valence-corrected chi connectivity index (χ2v) is 4.61. The number of nitrogens with zero attached hydrogens (tertiary/aromatic N) is 1. The van der Waals surface area contributed by atoms with Crippen LogP contribution in [0.15, 0.2) is 42.5 Å². The van der Waals surface area contributed by atoms with Crippen LogP contribution in [0.2, 0.25) is 0 Å². The quantitative estimate of drug-likeness (QED) is 0.633.